The fourth-order valence-electron chi connectivity index (χ4n) is 2.82. The second kappa shape index (κ2) is 10.4. The number of rotatable bonds is 9. The maximum atomic E-state index is 12.0. The van der Waals surface area contributed by atoms with Gasteiger partial charge in [-0.05, 0) is 35.6 Å². The van der Waals surface area contributed by atoms with Crippen LogP contribution in [0.15, 0.2) is 72.1 Å². The number of hydrogen-bond acceptors (Lipinski definition) is 5. The van der Waals surface area contributed by atoms with Crippen LogP contribution in [0.5, 0.6) is 5.75 Å². The highest BCUT2D eigenvalue weighted by Crippen LogP contribution is 2.21. The lowest BCUT2D eigenvalue weighted by Gasteiger charge is -2.13. The number of nitrogens with one attached hydrogen (secondary N) is 1. The van der Waals surface area contributed by atoms with Gasteiger partial charge < -0.3 is 14.8 Å². The van der Waals surface area contributed by atoms with Gasteiger partial charge in [0.2, 0.25) is 0 Å². The lowest BCUT2D eigenvalue weighted by Crippen LogP contribution is -2.31. The standard InChI is InChI=1S/C23H23NO4S/c1-17(21-12-7-13-29-21)24-22(25)15-28-23(26)16-27-20-11-6-5-10-19(20)14-18-8-3-2-4-9-18/h2-13,17H,14-16H2,1H3,(H,24,25)/t17-/m0/s1. The van der Waals surface area contributed by atoms with Gasteiger partial charge in [-0.3, -0.25) is 4.79 Å². The van der Waals surface area contributed by atoms with Gasteiger partial charge in [0.1, 0.15) is 5.75 Å². The first kappa shape index (κ1) is 20.6. The Morgan fingerprint density at radius 2 is 1.72 bits per heavy atom. The number of thiophene rings is 1. The Hall–Kier alpha value is -3.12. The minimum absolute atomic E-state index is 0.123. The highest BCUT2D eigenvalue weighted by Gasteiger charge is 2.13. The highest BCUT2D eigenvalue weighted by molar-refractivity contribution is 7.10. The summed E-state index contributed by atoms with van der Waals surface area (Å²) in [7, 11) is 0. The maximum Gasteiger partial charge on any atom is 0.344 e. The molecule has 0 aliphatic rings. The van der Waals surface area contributed by atoms with Crippen molar-refractivity contribution in [3.63, 3.8) is 0 Å². The molecule has 0 unspecified atom stereocenters. The van der Waals surface area contributed by atoms with Crippen LogP contribution in [0.4, 0.5) is 0 Å². The molecule has 0 aliphatic heterocycles. The first-order valence-electron chi connectivity index (χ1n) is 9.35. The van der Waals surface area contributed by atoms with Crippen molar-refractivity contribution in [1.29, 1.82) is 0 Å². The summed E-state index contributed by atoms with van der Waals surface area (Å²) < 4.78 is 10.7. The summed E-state index contributed by atoms with van der Waals surface area (Å²) in [6.45, 7) is 1.31. The van der Waals surface area contributed by atoms with Gasteiger partial charge in [-0.25, -0.2) is 4.79 Å². The summed E-state index contributed by atoms with van der Waals surface area (Å²) in [5, 5.41) is 4.75. The number of esters is 1. The van der Waals surface area contributed by atoms with E-state index in [2.05, 4.69) is 5.32 Å². The van der Waals surface area contributed by atoms with E-state index in [9.17, 15) is 9.59 Å². The van der Waals surface area contributed by atoms with Gasteiger partial charge >= 0.3 is 5.97 Å². The summed E-state index contributed by atoms with van der Waals surface area (Å²) in [4.78, 5) is 25.0. The van der Waals surface area contributed by atoms with E-state index < -0.39 is 5.97 Å². The van der Waals surface area contributed by atoms with E-state index >= 15 is 0 Å². The summed E-state index contributed by atoms with van der Waals surface area (Å²) in [5.41, 5.74) is 2.14. The zero-order valence-electron chi connectivity index (χ0n) is 16.2. The molecule has 0 fully saturated rings. The molecule has 0 aliphatic carbocycles. The average molecular weight is 410 g/mol. The van der Waals surface area contributed by atoms with E-state index in [1.807, 2.05) is 79.0 Å². The molecule has 1 aromatic heterocycles. The van der Waals surface area contributed by atoms with Crippen molar-refractivity contribution in [3.8, 4) is 5.75 Å². The Morgan fingerprint density at radius 3 is 2.48 bits per heavy atom. The molecular formula is C23H23NO4S. The molecule has 6 heteroatoms. The van der Waals surface area contributed by atoms with Crippen LogP contribution in [0.3, 0.4) is 0 Å². The molecule has 1 amide bonds. The van der Waals surface area contributed by atoms with Gasteiger partial charge in [0.25, 0.3) is 5.91 Å². The Kier molecular flexibility index (Phi) is 7.41. The third kappa shape index (κ3) is 6.47. The predicted molar refractivity (Wildman–Crippen MR) is 113 cm³/mol. The number of hydrogen-bond donors (Lipinski definition) is 1. The zero-order valence-corrected chi connectivity index (χ0v) is 17.0. The van der Waals surface area contributed by atoms with E-state index in [-0.39, 0.29) is 25.2 Å². The quantitative estimate of drug-likeness (QED) is 0.540. The Balaban J connectivity index is 1.45. The predicted octanol–water partition coefficient (Wildman–Crippen LogP) is 4.14. The van der Waals surface area contributed by atoms with Crippen LogP contribution in [0.2, 0.25) is 0 Å². The fourth-order valence-corrected chi connectivity index (χ4v) is 3.56. The molecule has 5 nitrogen and oxygen atoms in total. The van der Waals surface area contributed by atoms with Crippen LogP contribution in [0.25, 0.3) is 0 Å². The van der Waals surface area contributed by atoms with Crippen molar-refractivity contribution in [2.24, 2.45) is 0 Å². The van der Waals surface area contributed by atoms with Crippen molar-refractivity contribution < 1.29 is 19.1 Å². The molecule has 1 heterocycles. The Morgan fingerprint density at radius 1 is 0.966 bits per heavy atom. The van der Waals surface area contributed by atoms with Gasteiger partial charge in [-0.15, -0.1) is 11.3 Å². The lowest BCUT2D eigenvalue weighted by molar-refractivity contribution is -0.150. The molecule has 0 bridgehead atoms. The minimum Gasteiger partial charge on any atom is -0.482 e. The Bertz CT molecular complexity index is 925. The van der Waals surface area contributed by atoms with Crippen LogP contribution in [-0.2, 0) is 20.7 Å². The first-order valence-corrected chi connectivity index (χ1v) is 10.2. The third-order valence-corrected chi connectivity index (χ3v) is 5.32. The molecule has 3 aromatic rings. The number of carbonyl (C=O) groups excluding carboxylic acids is 2. The second-order valence-corrected chi connectivity index (χ2v) is 7.50. The van der Waals surface area contributed by atoms with Crippen molar-refractivity contribution >= 4 is 23.2 Å². The minimum atomic E-state index is -0.585. The number of carbonyl (C=O) groups is 2. The number of para-hydroxylation sites is 1. The summed E-state index contributed by atoms with van der Waals surface area (Å²) >= 11 is 1.56. The van der Waals surface area contributed by atoms with Crippen molar-refractivity contribution in [2.45, 2.75) is 19.4 Å². The van der Waals surface area contributed by atoms with E-state index in [1.54, 1.807) is 11.3 Å². The number of ether oxygens (including phenoxy) is 2. The van der Waals surface area contributed by atoms with Gasteiger partial charge in [0, 0.05) is 11.3 Å². The van der Waals surface area contributed by atoms with Crippen molar-refractivity contribution in [1.82, 2.24) is 5.32 Å². The van der Waals surface area contributed by atoms with Gasteiger partial charge in [0.05, 0.1) is 6.04 Å². The summed E-state index contributed by atoms with van der Waals surface area (Å²) in [6.07, 6.45) is 0.703. The molecule has 0 saturated carbocycles. The highest BCUT2D eigenvalue weighted by atomic mass is 32.1. The van der Waals surface area contributed by atoms with E-state index in [0.717, 1.165) is 16.0 Å². The van der Waals surface area contributed by atoms with Gasteiger partial charge in [-0.2, -0.15) is 0 Å². The summed E-state index contributed by atoms with van der Waals surface area (Å²) in [6, 6.07) is 21.4. The number of amides is 1. The van der Waals surface area contributed by atoms with Crippen molar-refractivity contribution in [2.75, 3.05) is 13.2 Å². The average Bonchev–Trinajstić information content (AvgIpc) is 3.27. The smallest absolute Gasteiger partial charge is 0.344 e. The molecule has 2 aromatic carbocycles. The molecule has 150 valence electrons. The largest absolute Gasteiger partial charge is 0.482 e. The molecular weight excluding hydrogens is 386 g/mol. The van der Waals surface area contributed by atoms with Crippen LogP contribution in [0, 0.1) is 0 Å². The number of benzene rings is 2. The molecule has 0 radical (unpaired) electrons. The van der Waals surface area contributed by atoms with Gasteiger partial charge in [-0.1, -0.05) is 54.6 Å². The van der Waals surface area contributed by atoms with E-state index in [1.165, 1.54) is 0 Å². The normalized spacial score (nSPS) is 11.5. The van der Waals surface area contributed by atoms with Crippen LogP contribution < -0.4 is 10.1 Å². The molecule has 3 rings (SSSR count). The fraction of sp³-hybridized carbons (Fsp3) is 0.217. The van der Waals surface area contributed by atoms with Crippen LogP contribution in [0.1, 0.15) is 29.0 Å². The lowest BCUT2D eigenvalue weighted by atomic mass is 10.0. The second-order valence-electron chi connectivity index (χ2n) is 6.52. The first-order chi connectivity index (χ1) is 14.1. The summed E-state index contributed by atoms with van der Waals surface area (Å²) in [5.74, 6) is -0.300. The third-order valence-electron chi connectivity index (χ3n) is 4.27. The van der Waals surface area contributed by atoms with E-state index in [0.29, 0.717) is 12.2 Å². The zero-order chi connectivity index (χ0) is 20.5. The molecule has 0 saturated heterocycles. The van der Waals surface area contributed by atoms with Crippen LogP contribution in [-0.4, -0.2) is 25.1 Å². The Labute approximate surface area is 174 Å². The SMILES string of the molecule is C[C@H](NC(=O)COC(=O)COc1ccccc1Cc1ccccc1)c1cccs1. The molecule has 29 heavy (non-hydrogen) atoms. The molecule has 0 spiro atoms. The molecule has 1 atom stereocenters. The topological polar surface area (TPSA) is 64.6 Å². The van der Waals surface area contributed by atoms with Crippen molar-refractivity contribution in [3.05, 3.63) is 88.1 Å². The van der Waals surface area contributed by atoms with Gasteiger partial charge in [0.15, 0.2) is 13.2 Å². The van der Waals surface area contributed by atoms with Crippen LogP contribution >= 0.6 is 11.3 Å². The molecule has 1 N–H and O–H groups in total. The van der Waals surface area contributed by atoms with E-state index in [4.69, 9.17) is 9.47 Å². The maximum absolute atomic E-state index is 12.0. The monoisotopic (exact) mass is 409 g/mol.